The summed E-state index contributed by atoms with van der Waals surface area (Å²) >= 11 is 0. The van der Waals surface area contributed by atoms with E-state index >= 15 is 0 Å². The van der Waals surface area contributed by atoms with Crippen molar-refractivity contribution in [3.05, 3.63) is 65.0 Å². The molecule has 2 rings (SSSR count). The first kappa shape index (κ1) is 14.5. The van der Waals surface area contributed by atoms with Gasteiger partial charge in [0.2, 0.25) is 0 Å². The Balaban J connectivity index is 2.29. The normalized spacial score (nSPS) is 12.2. The van der Waals surface area contributed by atoms with Crippen molar-refractivity contribution >= 4 is 0 Å². The fourth-order valence-electron chi connectivity index (χ4n) is 2.29. The number of aryl methyl sites for hydroxylation is 1. The number of methoxy groups -OCH3 is 1. The van der Waals surface area contributed by atoms with Crippen LogP contribution in [0.25, 0.3) is 0 Å². The Morgan fingerprint density at radius 3 is 2.65 bits per heavy atom. The van der Waals surface area contributed by atoms with Gasteiger partial charge in [0.25, 0.3) is 0 Å². The van der Waals surface area contributed by atoms with Crippen LogP contribution in [0.2, 0.25) is 0 Å². The lowest BCUT2D eigenvalue weighted by atomic mass is 9.98. The largest absolute Gasteiger partial charge is 0.494 e. The summed E-state index contributed by atoms with van der Waals surface area (Å²) in [7, 11) is 1.45. The third-order valence-corrected chi connectivity index (χ3v) is 3.31. The smallest absolute Gasteiger partial charge is 0.169 e. The van der Waals surface area contributed by atoms with Crippen LogP contribution in [0, 0.1) is 12.7 Å². The highest BCUT2D eigenvalue weighted by atomic mass is 19.1. The van der Waals surface area contributed by atoms with Crippen LogP contribution >= 0.6 is 0 Å². The Morgan fingerprint density at radius 2 is 2.00 bits per heavy atom. The number of benzene rings is 2. The molecule has 0 aliphatic carbocycles. The number of ether oxygens (including phenoxy) is 1. The number of halogens is 1. The molecule has 0 radical (unpaired) electrons. The van der Waals surface area contributed by atoms with E-state index in [0.29, 0.717) is 12.0 Å². The number of hydrogen-bond donors (Lipinski definition) is 2. The van der Waals surface area contributed by atoms with Crippen LogP contribution in [-0.2, 0) is 6.42 Å². The molecule has 0 aliphatic heterocycles. The fourth-order valence-corrected chi connectivity index (χ4v) is 2.29. The summed E-state index contributed by atoms with van der Waals surface area (Å²) in [5, 5.41) is 0. The Morgan fingerprint density at radius 1 is 1.25 bits per heavy atom. The minimum absolute atomic E-state index is 0.229. The molecule has 3 N–H and O–H groups in total. The third-order valence-electron chi connectivity index (χ3n) is 3.31. The molecule has 4 heteroatoms. The Kier molecular flexibility index (Phi) is 4.71. The van der Waals surface area contributed by atoms with Gasteiger partial charge in [0.15, 0.2) is 11.6 Å². The molecule has 1 atom stereocenters. The van der Waals surface area contributed by atoms with Gasteiger partial charge in [0.1, 0.15) is 0 Å². The number of hydrogen-bond acceptors (Lipinski definition) is 3. The summed E-state index contributed by atoms with van der Waals surface area (Å²) in [4.78, 5) is 0. The SMILES string of the molecule is COc1cccc(C(Cc2cccc(C)c2)NN)c1F. The van der Waals surface area contributed by atoms with Crippen molar-refractivity contribution in [2.24, 2.45) is 5.84 Å². The lowest BCUT2D eigenvalue weighted by molar-refractivity contribution is 0.379. The predicted molar refractivity (Wildman–Crippen MR) is 77.9 cm³/mol. The second-order valence-electron chi connectivity index (χ2n) is 4.78. The zero-order valence-electron chi connectivity index (χ0n) is 11.7. The summed E-state index contributed by atoms with van der Waals surface area (Å²) in [6.07, 6.45) is 0.613. The molecule has 0 spiro atoms. The quantitative estimate of drug-likeness (QED) is 0.651. The zero-order valence-corrected chi connectivity index (χ0v) is 11.7. The van der Waals surface area contributed by atoms with Gasteiger partial charge in [-0.05, 0) is 25.0 Å². The van der Waals surface area contributed by atoms with Crippen molar-refractivity contribution in [3.63, 3.8) is 0 Å². The van der Waals surface area contributed by atoms with Crippen LogP contribution in [0.4, 0.5) is 4.39 Å². The van der Waals surface area contributed by atoms with Gasteiger partial charge in [-0.3, -0.25) is 11.3 Å². The van der Waals surface area contributed by atoms with Crippen LogP contribution in [0.5, 0.6) is 5.75 Å². The molecule has 0 aliphatic rings. The summed E-state index contributed by atoms with van der Waals surface area (Å²) in [6, 6.07) is 12.9. The van der Waals surface area contributed by atoms with E-state index in [4.69, 9.17) is 10.6 Å². The predicted octanol–water partition coefficient (Wildman–Crippen LogP) is 2.89. The molecule has 0 amide bonds. The van der Waals surface area contributed by atoms with Crippen LogP contribution < -0.4 is 16.0 Å². The third kappa shape index (κ3) is 3.15. The van der Waals surface area contributed by atoms with E-state index < -0.39 is 0 Å². The first-order valence-electron chi connectivity index (χ1n) is 6.49. The summed E-state index contributed by atoms with van der Waals surface area (Å²) in [5.74, 6) is 5.45. The average molecular weight is 274 g/mol. The maximum atomic E-state index is 14.3. The van der Waals surface area contributed by atoms with E-state index in [9.17, 15) is 4.39 Å². The molecule has 0 saturated carbocycles. The van der Waals surface area contributed by atoms with E-state index in [2.05, 4.69) is 11.5 Å². The highest BCUT2D eigenvalue weighted by molar-refractivity contribution is 5.34. The molecule has 2 aromatic carbocycles. The molecular formula is C16H19FN2O. The van der Waals surface area contributed by atoms with E-state index in [1.165, 1.54) is 12.7 Å². The summed E-state index contributed by atoms with van der Waals surface area (Å²) in [6.45, 7) is 2.03. The topological polar surface area (TPSA) is 47.3 Å². The van der Waals surface area contributed by atoms with Gasteiger partial charge in [-0.25, -0.2) is 4.39 Å². The standard InChI is InChI=1S/C16H19FN2O/c1-11-5-3-6-12(9-11)10-14(19-18)13-7-4-8-15(20-2)16(13)17/h3-9,14,19H,10,18H2,1-2H3. The van der Waals surface area contributed by atoms with E-state index in [0.717, 1.165) is 5.56 Å². The first-order chi connectivity index (χ1) is 9.65. The molecule has 0 fully saturated rings. The highest BCUT2D eigenvalue weighted by Crippen LogP contribution is 2.27. The van der Waals surface area contributed by atoms with Gasteiger partial charge < -0.3 is 4.74 Å². The molecule has 3 nitrogen and oxygen atoms in total. The molecule has 2 aromatic rings. The molecule has 20 heavy (non-hydrogen) atoms. The molecule has 0 aromatic heterocycles. The number of nitrogens with two attached hydrogens (primary N) is 1. The van der Waals surface area contributed by atoms with Crippen molar-refractivity contribution in [1.82, 2.24) is 5.43 Å². The molecule has 0 bridgehead atoms. The molecule has 0 saturated heterocycles. The molecule has 0 heterocycles. The Bertz CT molecular complexity index is 586. The molecule has 1 unspecified atom stereocenters. The molecule has 106 valence electrons. The first-order valence-corrected chi connectivity index (χ1v) is 6.49. The molecular weight excluding hydrogens is 255 g/mol. The highest BCUT2D eigenvalue weighted by Gasteiger charge is 2.17. The van der Waals surface area contributed by atoms with Crippen molar-refractivity contribution in [2.75, 3.05) is 7.11 Å². The zero-order chi connectivity index (χ0) is 14.5. The Hall–Kier alpha value is -1.91. The van der Waals surface area contributed by atoms with Gasteiger partial charge in [-0.15, -0.1) is 0 Å². The number of hydrazine groups is 1. The number of rotatable bonds is 5. The summed E-state index contributed by atoms with van der Waals surface area (Å²) in [5.41, 5.74) is 5.47. The van der Waals surface area contributed by atoms with E-state index in [1.807, 2.05) is 25.1 Å². The second kappa shape index (κ2) is 6.50. The second-order valence-corrected chi connectivity index (χ2v) is 4.78. The van der Waals surface area contributed by atoms with Crippen LogP contribution in [0.1, 0.15) is 22.7 Å². The average Bonchev–Trinajstić information content (AvgIpc) is 2.45. The van der Waals surface area contributed by atoms with Crippen LogP contribution in [0.15, 0.2) is 42.5 Å². The van der Waals surface area contributed by atoms with Gasteiger partial charge in [0.05, 0.1) is 13.2 Å². The van der Waals surface area contributed by atoms with Gasteiger partial charge >= 0.3 is 0 Å². The van der Waals surface area contributed by atoms with Crippen molar-refractivity contribution in [3.8, 4) is 5.75 Å². The number of nitrogens with one attached hydrogen (secondary N) is 1. The van der Waals surface area contributed by atoms with Crippen LogP contribution in [-0.4, -0.2) is 7.11 Å². The van der Waals surface area contributed by atoms with E-state index in [-0.39, 0.29) is 17.6 Å². The lowest BCUT2D eigenvalue weighted by Crippen LogP contribution is -2.30. The van der Waals surface area contributed by atoms with Crippen molar-refractivity contribution in [2.45, 2.75) is 19.4 Å². The summed E-state index contributed by atoms with van der Waals surface area (Å²) < 4.78 is 19.3. The lowest BCUT2D eigenvalue weighted by Gasteiger charge is -2.18. The monoisotopic (exact) mass is 274 g/mol. The maximum Gasteiger partial charge on any atom is 0.169 e. The van der Waals surface area contributed by atoms with Crippen molar-refractivity contribution < 1.29 is 9.13 Å². The maximum absolute atomic E-state index is 14.3. The van der Waals surface area contributed by atoms with Crippen molar-refractivity contribution in [1.29, 1.82) is 0 Å². The minimum Gasteiger partial charge on any atom is -0.494 e. The van der Waals surface area contributed by atoms with Crippen LogP contribution in [0.3, 0.4) is 0 Å². The Labute approximate surface area is 118 Å². The van der Waals surface area contributed by atoms with Gasteiger partial charge in [-0.2, -0.15) is 0 Å². The van der Waals surface area contributed by atoms with Gasteiger partial charge in [-0.1, -0.05) is 42.0 Å². The van der Waals surface area contributed by atoms with E-state index in [1.54, 1.807) is 18.2 Å². The minimum atomic E-state index is -0.370. The van der Waals surface area contributed by atoms with Gasteiger partial charge in [0, 0.05) is 5.56 Å². The fraction of sp³-hybridized carbons (Fsp3) is 0.250.